The van der Waals surface area contributed by atoms with E-state index in [0.29, 0.717) is 25.2 Å². The van der Waals surface area contributed by atoms with Gasteiger partial charge < -0.3 is 14.5 Å². The normalized spacial score (nSPS) is 19.8. The third-order valence-electron chi connectivity index (χ3n) is 3.23. The molecule has 2 heterocycles. The zero-order chi connectivity index (χ0) is 13.0. The topological polar surface area (TPSA) is 83.6 Å². The van der Waals surface area contributed by atoms with Gasteiger partial charge in [-0.25, -0.2) is 0 Å². The standard InChI is InChI=1S/C12H16N2O4/c15-11(16)4-3-9-2-1-6-14(8-9)12(17)10-5-7-18-13-10/h5,7,9H,1-4,6,8H2,(H,15,16). The number of nitrogens with zero attached hydrogens (tertiary/aromatic N) is 2. The van der Waals surface area contributed by atoms with Crippen LogP contribution in [0.15, 0.2) is 16.9 Å². The van der Waals surface area contributed by atoms with Crippen molar-refractivity contribution in [1.29, 1.82) is 0 Å². The number of likely N-dealkylation sites (tertiary alicyclic amines) is 1. The number of carbonyl (C=O) groups is 2. The molecule has 0 spiro atoms. The second kappa shape index (κ2) is 5.66. The van der Waals surface area contributed by atoms with Crippen LogP contribution in [0.4, 0.5) is 0 Å². The Kier molecular flexibility index (Phi) is 3.96. The Morgan fingerprint density at radius 1 is 1.56 bits per heavy atom. The molecule has 2 rings (SSSR count). The summed E-state index contributed by atoms with van der Waals surface area (Å²) in [7, 11) is 0. The summed E-state index contributed by atoms with van der Waals surface area (Å²) in [5.41, 5.74) is 0.314. The lowest BCUT2D eigenvalue weighted by Crippen LogP contribution is -2.40. The van der Waals surface area contributed by atoms with E-state index in [9.17, 15) is 9.59 Å². The third kappa shape index (κ3) is 3.09. The quantitative estimate of drug-likeness (QED) is 0.875. The van der Waals surface area contributed by atoms with Crippen LogP contribution in [-0.2, 0) is 4.79 Å². The third-order valence-corrected chi connectivity index (χ3v) is 3.23. The summed E-state index contributed by atoms with van der Waals surface area (Å²) in [6, 6.07) is 1.54. The first-order chi connectivity index (χ1) is 8.66. The number of rotatable bonds is 4. The lowest BCUT2D eigenvalue weighted by molar-refractivity contribution is -0.137. The van der Waals surface area contributed by atoms with E-state index in [1.54, 1.807) is 11.0 Å². The van der Waals surface area contributed by atoms with E-state index in [0.717, 1.165) is 12.8 Å². The minimum atomic E-state index is -0.782. The number of hydrogen-bond donors (Lipinski definition) is 1. The van der Waals surface area contributed by atoms with Crippen LogP contribution in [0.5, 0.6) is 0 Å². The Morgan fingerprint density at radius 2 is 2.39 bits per heavy atom. The van der Waals surface area contributed by atoms with Crippen LogP contribution in [0, 0.1) is 5.92 Å². The van der Waals surface area contributed by atoms with Gasteiger partial charge in [-0.1, -0.05) is 5.16 Å². The van der Waals surface area contributed by atoms with Crippen LogP contribution in [0.25, 0.3) is 0 Å². The number of carbonyl (C=O) groups excluding carboxylic acids is 1. The van der Waals surface area contributed by atoms with E-state index >= 15 is 0 Å². The molecule has 1 aromatic heterocycles. The number of aromatic nitrogens is 1. The second-order valence-electron chi connectivity index (χ2n) is 4.58. The fourth-order valence-electron chi connectivity index (χ4n) is 2.30. The molecule has 1 amide bonds. The lowest BCUT2D eigenvalue weighted by atomic mass is 9.93. The maximum atomic E-state index is 12.0. The van der Waals surface area contributed by atoms with Gasteiger partial charge in [0.2, 0.25) is 0 Å². The van der Waals surface area contributed by atoms with Crippen LogP contribution >= 0.6 is 0 Å². The molecular formula is C12H16N2O4. The number of aliphatic carboxylic acids is 1. The summed E-state index contributed by atoms with van der Waals surface area (Å²) < 4.78 is 4.66. The largest absolute Gasteiger partial charge is 0.481 e. The van der Waals surface area contributed by atoms with Crippen molar-refractivity contribution < 1.29 is 19.2 Å². The zero-order valence-electron chi connectivity index (χ0n) is 10.0. The average molecular weight is 252 g/mol. The van der Waals surface area contributed by atoms with Crippen molar-refractivity contribution in [3.8, 4) is 0 Å². The molecule has 6 nitrogen and oxygen atoms in total. The summed E-state index contributed by atoms with van der Waals surface area (Å²) >= 11 is 0. The first kappa shape index (κ1) is 12.6. The van der Waals surface area contributed by atoms with Gasteiger partial charge >= 0.3 is 5.97 Å². The SMILES string of the molecule is O=C(O)CCC1CCCN(C(=O)c2ccon2)C1. The first-order valence-electron chi connectivity index (χ1n) is 6.08. The number of carboxylic acid groups (broad SMARTS) is 1. The van der Waals surface area contributed by atoms with Crippen molar-refractivity contribution in [2.75, 3.05) is 13.1 Å². The molecule has 0 aromatic carbocycles. The fourth-order valence-corrected chi connectivity index (χ4v) is 2.30. The molecule has 0 aliphatic carbocycles. The second-order valence-corrected chi connectivity index (χ2v) is 4.58. The van der Waals surface area contributed by atoms with Gasteiger partial charge in [-0.3, -0.25) is 9.59 Å². The molecule has 1 aliphatic heterocycles. The molecule has 1 unspecified atom stereocenters. The first-order valence-corrected chi connectivity index (χ1v) is 6.08. The van der Waals surface area contributed by atoms with Crippen molar-refractivity contribution in [2.24, 2.45) is 5.92 Å². The fraction of sp³-hybridized carbons (Fsp3) is 0.583. The summed E-state index contributed by atoms with van der Waals surface area (Å²) in [5, 5.41) is 12.3. The minimum Gasteiger partial charge on any atom is -0.481 e. The van der Waals surface area contributed by atoms with E-state index in [2.05, 4.69) is 9.68 Å². The van der Waals surface area contributed by atoms with Gasteiger partial charge in [-0.2, -0.15) is 0 Å². The molecule has 1 saturated heterocycles. The van der Waals surface area contributed by atoms with Crippen LogP contribution in [-0.4, -0.2) is 40.1 Å². The highest BCUT2D eigenvalue weighted by Gasteiger charge is 2.25. The molecule has 18 heavy (non-hydrogen) atoms. The van der Waals surface area contributed by atoms with Crippen molar-refractivity contribution in [3.05, 3.63) is 18.0 Å². The molecular weight excluding hydrogens is 236 g/mol. The Morgan fingerprint density at radius 3 is 3.06 bits per heavy atom. The highest BCUT2D eigenvalue weighted by Crippen LogP contribution is 2.22. The summed E-state index contributed by atoms with van der Waals surface area (Å²) in [6.07, 6.45) is 4.05. The van der Waals surface area contributed by atoms with Crippen molar-refractivity contribution >= 4 is 11.9 Å². The Labute approximate surface area is 105 Å². The number of hydrogen-bond acceptors (Lipinski definition) is 4. The maximum absolute atomic E-state index is 12.0. The molecule has 1 fully saturated rings. The predicted octanol–water partition coefficient (Wildman–Crippen LogP) is 1.39. The Bertz CT molecular complexity index is 416. The van der Waals surface area contributed by atoms with Crippen molar-refractivity contribution in [3.63, 3.8) is 0 Å². The molecule has 1 aliphatic rings. The van der Waals surface area contributed by atoms with E-state index in [1.165, 1.54) is 6.26 Å². The van der Waals surface area contributed by atoms with Crippen molar-refractivity contribution in [2.45, 2.75) is 25.7 Å². The summed E-state index contributed by atoms with van der Waals surface area (Å²) in [6.45, 7) is 1.31. The Balaban J connectivity index is 1.90. The lowest BCUT2D eigenvalue weighted by Gasteiger charge is -2.32. The number of carboxylic acids is 1. The van der Waals surface area contributed by atoms with E-state index in [4.69, 9.17) is 5.11 Å². The smallest absolute Gasteiger partial charge is 0.303 e. The maximum Gasteiger partial charge on any atom is 0.303 e. The van der Waals surface area contributed by atoms with Crippen LogP contribution in [0.1, 0.15) is 36.2 Å². The van der Waals surface area contributed by atoms with Gasteiger partial charge in [0.25, 0.3) is 5.91 Å². The molecule has 98 valence electrons. The highest BCUT2D eigenvalue weighted by atomic mass is 16.5. The van der Waals surface area contributed by atoms with Gasteiger partial charge in [0.05, 0.1) is 0 Å². The zero-order valence-corrected chi connectivity index (χ0v) is 10.0. The van der Waals surface area contributed by atoms with Crippen LogP contribution < -0.4 is 0 Å². The van der Waals surface area contributed by atoms with Crippen molar-refractivity contribution in [1.82, 2.24) is 10.1 Å². The van der Waals surface area contributed by atoms with Gasteiger partial charge in [-0.05, 0) is 25.2 Å². The van der Waals surface area contributed by atoms with E-state index < -0.39 is 5.97 Å². The molecule has 1 N–H and O–H groups in total. The number of piperidine rings is 1. The van der Waals surface area contributed by atoms with Gasteiger partial charge in [-0.15, -0.1) is 0 Å². The van der Waals surface area contributed by atoms with Gasteiger partial charge in [0.1, 0.15) is 6.26 Å². The predicted molar refractivity (Wildman–Crippen MR) is 62.0 cm³/mol. The molecule has 1 atom stereocenters. The highest BCUT2D eigenvalue weighted by molar-refractivity contribution is 5.92. The monoisotopic (exact) mass is 252 g/mol. The summed E-state index contributed by atoms with van der Waals surface area (Å²) in [4.78, 5) is 24.3. The number of amides is 1. The summed E-state index contributed by atoms with van der Waals surface area (Å²) in [5.74, 6) is -0.649. The average Bonchev–Trinajstić information content (AvgIpc) is 2.89. The van der Waals surface area contributed by atoms with E-state index in [-0.39, 0.29) is 18.2 Å². The Hall–Kier alpha value is -1.85. The molecule has 0 saturated carbocycles. The minimum absolute atomic E-state index is 0.135. The van der Waals surface area contributed by atoms with Crippen LogP contribution in [0.3, 0.4) is 0 Å². The van der Waals surface area contributed by atoms with Gasteiger partial charge in [0, 0.05) is 25.6 Å². The molecule has 0 radical (unpaired) electrons. The molecule has 1 aromatic rings. The van der Waals surface area contributed by atoms with Gasteiger partial charge in [0.15, 0.2) is 5.69 Å². The van der Waals surface area contributed by atoms with Crippen LogP contribution in [0.2, 0.25) is 0 Å². The van der Waals surface area contributed by atoms with E-state index in [1.807, 2.05) is 0 Å². The molecule has 6 heteroatoms. The molecule has 0 bridgehead atoms.